The van der Waals surface area contributed by atoms with Crippen molar-refractivity contribution in [1.82, 2.24) is 10.3 Å². The molecule has 0 unspecified atom stereocenters. The maximum atomic E-state index is 5.08. The Morgan fingerprint density at radius 3 is 2.63 bits per heavy atom. The Labute approximate surface area is 121 Å². The summed E-state index contributed by atoms with van der Waals surface area (Å²) in [5.41, 5.74) is 1.27. The number of nitrogens with zero attached hydrogens (tertiary/aromatic N) is 2. The average Bonchev–Trinajstić information content (AvgIpc) is 2.67. The van der Waals surface area contributed by atoms with Crippen LogP contribution in [0.3, 0.4) is 0 Å². The molecule has 1 N–H and O–H groups in total. The molecule has 110 valence electrons. The number of aryl methyl sites for hydroxylation is 1. The zero-order chi connectivity index (χ0) is 14.5. The van der Waals surface area contributed by atoms with E-state index in [1.165, 1.54) is 4.88 Å². The Bertz CT molecular complexity index is 385. The highest BCUT2D eigenvalue weighted by molar-refractivity contribution is 7.15. The molecule has 0 atom stereocenters. The van der Waals surface area contributed by atoms with E-state index >= 15 is 0 Å². The molecule has 4 nitrogen and oxygen atoms in total. The van der Waals surface area contributed by atoms with Crippen molar-refractivity contribution < 1.29 is 4.74 Å². The Balaban J connectivity index is 2.57. The van der Waals surface area contributed by atoms with E-state index in [9.17, 15) is 0 Å². The van der Waals surface area contributed by atoms with Crippen LogP contribution in [-0.4, -0.2) is 37.8 Å². The van der Waals surface area contributed by atoms with E-state index in [1.54, 1.807) is 18.4 Å². The fourth-order valence-corrected chi connectivity index (χ4v) is 2.61. The lowest BCUT2D eigenvalue weighted by Gasteiger charge is -2.20. The molecule has 0 aliphatic heterocycles. The van der Waals surface area contributed by atoms with Crippen LogP contribution in [0.5, 0.6) is 0 Å². The number of ether oxygens (including phenoxy) is 1. The minimum atomic E-state index is 0.140. The molecule has 0 fully saturated rings. The first kappa shape index (κ1) is 16.4. The average molecular weight is 285 g/mol. The van der Waals surface area contributed by atoms with Gasteiger partial charge in [-0.2, -0.15) is 0 Å². The monoisotopic (exact) mass is 285 g/mol. The maximum Gasteiger partial charge on any atom is 0.185 e. The van der Waals surface area contributed by atoms with Gasteiger partial charge >= 0.3 is 0 Å². The second kappa shape index (κ2) is 7.22. The maximum absolute atomic E-state index is 5.08. The van der Waals surface area contributed by atoms with Crippen LogP contribution in [0.1, 0.15) is 37.8 Å². The van der Waals surface area contributed by atoms with Crippen molar-refractivity contribution in [3.63, 3.8) is 0 Å². The van der Waals surface area contributed by atoms with E-state index in [0.717, 1.165) is 36.9 Å². The van der Waals surface area contributed by atoms with E-state index in [4.69, 9.17) is 4.74 Å². The summed E-state index contributed by atoms with van der Waals surface area (Å²) in [6.07, 6.45) is 1.03. The largest absolute Gasteiger partial charge is 0.385 e. The van der Waals surface area contributed by atoms with Gasteiger partial charge in [-0.3, -0.25) is 0 Å². The van der Waals surface area contributed by atoms with E-state index in [2.05, 4.69) is 49.9 Å². The molecular weight excluding hydrogens is 258 g/mol. The molecule has 0 aliphatic rings. The highest BCUT2D eigenvalue weighted by atomic mass is 32.1. The second-order valence-electron chi connectivity index (χ2n) is 5.88. The molecule has 0 aromatic carbocycles. The van der Waals surface area contributed by atoms with Gasteiger partial charge < -0.3 is 15.0 Å². The number of nitrogens with one attached hydrogen (secondary N) is 1. The van der Waals surface area contributed by atoms with E-state index in [0.29, 0.717) is 0 Å². The van der Waals surface area contributed by atoms with Crippen molar-refractivity contribution in [3.8, 4) is 0 Å². The fourth-order valence-electron chi connectivity index (χ4n) is 1.63. The quantitative estimate of drug-likeness (QED) is 0.782. The highest BCUT2D eigenvalue weighted by Crippen LogP contribution is 2.25. The van der Waals surface area contributed by atoms with Crippen LogP contribution >= 0.6 is 11.3 Å². The van der Waals surface area contributed by atoms with Gasteiger partial charge in [-0.05, 0) is 34.1 Å². The van der Waals surface area contributed by atoms with Crippen LogP contribution < -0.4 is 10.2 Å². The van der Waals surface area contributed by atoms with Gasteiger partial charge in [0.25, 0.3) is 0 Å². The van der Waals surface area contributed by atoms with E-state index < -0.39 is 0 Å². The van der Waals surface area contributed by atoms with Gasteiger partial charge in [0.1, 0.15) is 0 Å². The van der Waals surface area contributed by atoms with Crippen molar-refractivity contribution in [2.45, 2.75) is 46.2 Å². The van der Waals surface area contributed by atoms with Crippen molar-refractivity contribution >= 4 is 16.5 Å². The molecular formula is C14H27N3OS. The van der Waals surface area contributed by atoms with Crippen LogP contribution in [-0.2, 0) is 11.3 Å². The summed E-state index contributed by atoms with van der Waals surface area (Å²) >= 11 is 1.78. The van der Waals surface area contributed by atoms with E-state index in [-0.39, 0.29) is 5.54 Å². The Hall–Kier alpha value is -0.650. The van der Waals surface area contributed by atoms with Gasteiger partial charge in [0.2, 0.25) is 0 Å². The highest BCUT2D eigenvalue weighted by Gasteiger charge is 2.14. The molecule has 0 saturated carbocycles. The van der Waals surface area contributed by atoms with Crippen molar-refractivity contribution in [1.29, 1.82) is 0 Å². The Morgan fingerprint density at radius 2 is 2.05 bits per heavy atom. The van der Waals surface area contributed by atoms with Crippen LogP contribution in [0, 0.1) is 6.92 Å². The van der Waals surface area contributed by atoms with Crippen LogP contribution in [0.4, 0.5) is 5.13 Å². The first-order chi connectivity index (χ1) is 8.83. The van der Waals surface area contributed by atoms with Crippen LogP contribution in [0.25, 0.3) is 0 Å². The molecule has 0 aliphatic carbocycles. The summed E-state index contributed by atoms with van der Waals surface area (Å²) in [5.74, 6) is 0. The van der Waals surface area contributed by atoms with Crippen molar-refractivity contribution in [2.24, 2.45) is 0 Å². The first-order valence-corrected chi connectivity index (χ1v) is 7.56. The molecule has 0 saturated heterocycles. The minimum absolute atomic E-state index is 0.140. The van der Waals surface area contributed by atoms with Gasteiger partial charge in [-0.1, -0.05) is 0 Å². The normalized spacial score (nSPS) is 11.9. The topological polar surface area (TPSA) is 37.4 Å². The van der Waals surface area contributed by atoms with Gasteiger partial charge in [0.15, 0.2) is 5.13 Å². The third kappa shape index (κ3) is 5.89. The number of methoxy groups -OCH3 is 1. The zero-order valence-electron chi connectivity index (χ0n) is 13.0. The smallest absolute Gasteiger partial charge is 0.185 e. The number of hydrogen-bond acceptors (Lipinski definition) is 5. The molecule has 1 rings (SSSR count). The number of rotatable bonds is 7. The standard InChI is InChI=1S/C14H27N3OS/c1-11-12(10-15-14(2,3)4)19-13(16-11)17(5)8-7-9-18-6/h15H,7-10H2,1-6H3. The molecule has 1 aromatic heterocycles. The lowest BCUT2D eigenvalue weighted by atomic mass is 10.1. The van der Waals surface area contributed by atoms with Crippen molar-refractivity contribution in [2.75, 3.05) is 32.2 Å². The number of anilines is 1. The summed E-state index contributed by atoms with van der Waals surface area (Å²) in [5, 5.41) is 4.61. The third-order valence-corrected chi connectivity index (χ3v) is 4.10. The lowest BCUT2D eigenvalue weighted by molar-refractivity contribution is 0.196. The third-order valence-electron chi connectivity index (χ3n) is 2.83. The van der Waals surface area contributed by atoms with Crippen LogP contribution in [0.15, 0.2) is 0 Å². The molecule has 0 radical (unpaired) electrons. The number of thiazole rings is 1. The van der Waals surface area contributed by atoms with Crippen LogP contribution in [0.2, 0.25) is 0 Å². The Morgan fingerprint density at radius 1 is 1.37 bits per heavy atom. The van der Waals surface area contributed by atoms with Gasteiger partial charge in [-0.15, -0.1) is 11.3 Å². The second-order valence-corrected chi connectivity index (χ2v) is 6.94. The fraction of sp³-hybridized carbons (Fsp3) is 0.786. The molecule has 0 spiro atoms. The van der Waals surface area contributed by atoms with Crippen molar-refractivity contribution in [3.05, 3.63) is 10.6 Å². The van der Waals surface area contributed by atoms with E-state index in [1.807, 2.05) is 0 Å². The summed E-state index contributed by atoms with van der Waals surface area (Å²) in [7, 11) is 3.83. The van der Waals surface area contributed by atoms with Gasteiger partial charge in [0.05, 0.1) is 5.69 Å². The summed E-state index contributed by atoms with van der Waals surface area (Å²) < 4.78 is 5.08. The first-order valence-electron chi connectivity index (χ1n) is 6.75. The predicted octanol–water partition coefficient (Wildman–Crippen LogP) is 2.81. The molecule has 5 heteroatoms. The van der Waals surface area contributed by atoms with Gasteiger partial charge in [0, 0.05) is 44.3 Å². The SMILES string of the molecule is COCCCN(C)c1nc(C)c(CNC(C)(C)C)s1. The summed E-state index contributed by atoms with van der Waals surface area (Å²) in [6, 6.07) is 0. The number of hydrogen-bond donors (Lipinski definition) is 1. The zero-order valence-corrected chi connectivity index (χ0v) is 13.9. The molecule has 1 aromatic rings. The number of aromatic nitrogens is 1. The summed E-state index contributed by atoms with van der Waals surface area (Å²) in [4.78, 5) is 8.18. The Kier molecular flexibility index (Phi) is 6.23. The lowest BCUT2D eigenvalue weighted by Crippen LogP contribution is -2.34. The minimum Gasteiger partial charge on any atom is -0.385 e. The molecule has 0 amide bonds. The molecule has 1 heterocycles. The summed E-state index contributed by atoms with van der Waals surface area (Å²) in [6.45, 7) is 11.3. The molecule has 0 bridgehead atoms. The molecule has 19 heavy (non-hydrogen) atoms. The van der Waals surface area contributed by atoms with Gasteiger partial charge in [-0.25, -0.2) is 4.98 Å². The predicted molar refractivity (Wildman–Crippen MR) is 83.2 cm³/mol.